The molecule has 8 nitrogen and oxygen atoms in total. The molecule has 3 N–H and O–H groups in total. The summed E-state index contributed by atoms with van der Waals surface area (Å²) in [5.74, 6) is -0.425. The lowest BCUT2D eigenvalue weighted by Crippen LogP contribution is -2.21. The van der Waals surface area contributed by atoms with Crippen molar-refractivity contribution in [1.82, 2.24) is 0 Å². The van der Waals surface area contributed by atoms with Gasteiger partial charge in [-0.15, -0.1) is 0 Å². The molecule has 1 heterocycles. The molecule has 3 aromatic rings. The van der Waals surface area contributed by atoms with Crippen molar-refractivity contribution in [3.05, 3.63) is 64.5 Å². The average molecular weight is 374 g/mol. The Morgan fingerprint density at radius 1 is 1.19 bits per heavy atom. The number of amides is 1. The van der Waals surface area contributed by atoms with Crippen molar-refractivity contribution in [3.8, 4) is 11.5 Å². The molecule has 0 saturated carbocycles. The van der Waals surface area contributed by atoms with Crippen LogP contribution in [0.3, 0.4) is 0 Å². The molecule has 1 aromatic heterocycles. The van der Waals surface area contributed by atoms with Crippen LogP contribution in [0.1, 0.15) is 10.4 Å². The number of nitrogens with one attached hydrogen (secondary N) is 1. The minimum Gasteiger partial charge on any atom is -0.463 e. The Labute approximate surface area is 148 Å². The largest absolute Gasteiger partial charge is 0.463 e. The highest BCUT2D eigenvalue weighted by molar-refractivity contribution is 7.92. The van der Waals surface area contributed by atoms with Crippen LogP contribution in [0.4, 0.5) is 5.69 Å². The summed E-state index contributed by atoms with van der Waals surface area (Å²) in [7, 11) is -3.62. The molecule has 0 fully saturated rings. The number of primary amides is 1. The Morgan fingerprint density at radius 3 is 2.50 bits per heavy atom. The molecule has 1 amide bonds. The summed E-state index contributed by atoms with van der Waals surface area (Å²) in [6.45, 7) is 0. The number of hydrogen-bond acceptors (Lipinski definition) is 6. The Hall–Kier alpha value is -3.33. The minimum absolute atomic E-state index is 0.0336. The number of nitrogens with two attached hydrogens (primary N) is 1. The molecule has 26 heavy (non-hydrogen) atoms. The van der Waals surface area contributed by atoms with E-state index in [1.807, 2.05) is 0 Å². The van der Waals surface area contributed by atoms with Crippen LogP contribution in [-0.4, -0.2) is 20.6 Å². The van der Waals surface area contributed by atoms with E-state index < -0.39 is 21.4 Å². The van der Waals surface area contributed by atoms with Gasteiger partial charge in [0.2, 0.25) is 15.5 Å². The van der Waals surface area contributed by atoms with Crippen LogP contribution < -0.4 is 20.6 Å². The molecule has 134 valence electrons. The predicted octanol–water partition coefficient (Wildman–Crippen LogP) is 2.06. The highest BCUT2D eigenvalue weighted by Gasteiger charge is 2.17. The van der Waals surface area contributed by atoms with Gasteiger partial charge >= 0.3 is 0 Å². The molecular formula is C17H14N2O6S. The van der Waals surface area contributed by atoms with E-state index in [4.69, 9.17) is 14.9 Å². The number of carbonyl (C=O) groups excluding carboxylic acids is 1. The van der Waals surface area contributed by atoms with Gasteiger partial charge in [0.05, 0.1) is 17.3 Å². The summed E-state index contributed by atoms with van der Waals surface area (Å²) >= 11 is 0. The average Bonchev–Trinajstić information content (AvgIpc) is 2.55. The number of rotatable bonds is 5. The van der Waals surface area contributed by atoms with Crippen LogP contribution in [0.25, 0.3) is 11.0 Å². The fourth-order valence-electron chi connectivity index (χ4n) is 2.31. The van der Waals surface area contributed by atoms with E-state index >= 15 is 0 Å². The molecule has 0 spiro atoms. The molecule has 0 atom stereocenters. The van der Waals surface area contributed by atoms with Crippen LogP contribution >= 0.6 is 0 Å². The molecule has 9 heteroatoms. The standard InChI is InChI=1S/C17H14N2O6S/c1-26(22,23)19-13-8-14-11(16(20)12(9-24-14)17(18)21)7-15(13)25-10-5-3-2-4-6-10/h2-9,19H,1H3,(H2,18,21). The number of fused-ring (bicyclic) bond motifs is 1. The first-order valence-corrected chi connectivity index (χ1v) is 9.24. The van der Waals surface area contributed by atoms with Gasteiger partial charge in [-0.1, -0.05) is 18.2 Å². The van der Waals surface area contributed by atoms with Crippen LogP contribution in [-0.2, 0) is 10.0 Å². The number of hydrogen-bond donors (Lipinski definition) is 2. The van der Waals surface area contributed by atoms with Crippen molar-refractivity contribution < 1.29 is 22.4 Å². The van der Waals surface area contributed by atoms with Crippen molar-refractivity contribution in [3.63, 3.8) is 0 Å². The van der Waals surface area contributed by atoms with E-state index in [1.54, 1.807) is 30.3 Å². The van der Waals surface area contributed by atoms with Crippen molar-refractivity contribution in [2.24, 2.45) is 5.73 Å². The second kappa shape index (κ2) is 6.52. The monoisotopic (exact) mass is 374 g/mol. The van der Waals surface area contributed by atoms with Gasteiger partial charge in [-0.05, 0) is 18.2 Å². The fraction of sp³-hybridized carbons (Fsp3) is 0.0588. The normalized spacial score (nSPS) is 11.3. The summed E-state index contributed by atoms with van der Waals surface area (Å²) < 4.78 is 36.5. The Kier molecular flexibility index (Phi) is 4.39. The fourth-order valence-corrected chi connectivity index (χ4v) is 2.86. The number of para-hydroxylation sites is 1. The van der Waals surface area contributed by atoms with Gasteiger partial charge in [0, 0.05) is 6.07 Å². The minimum atomic E-state index is -3.62. The second-order valence-electron chi connectivity index (χ2n) is 5.48. The van der Waals surface area contributed by atoms with Gasteiger partial charge in [-0.2, -0.15) is 0 Å². The summed E-state index contributed by atoms with van der Waals surface area (Å²) in [6, 6.07) is 11.2. The first-order valence-electron chi connectivity index (χ1n) is 7.34. The SMILES string of the molecule is CS(=O)(=O)Nc1cc2occ(C(N)=O)c(=O)c2cc1Oc1ccccc1. The zero-order valence-corrected chi connectivity index (χ0v) is 14.4. The molecule has 2 aromatic carbocycles. The third kappa shape index (κ3) is 3.67. The van der Waals surface area contributed by atoms with Gasteiger partial charge in [0.15, 0.2) is 5.75 Å². The molecule has 0 aliphatic heterocycles. The maximum absolute atomic E-state index is 12.4. The third-order valence-corrected chi connectivity index (χ3v) is 4.00. The van der Waals surface area contributed by atoms with Gasteiger partial charge in [-0.25, -0.2) is 8.42 Å². The maximum Gasteiger partial charge on any atom is 0.255 e. The molecule has 0 radical (unpaired) electrons. The third-order valence-electron chi connectivity index (χ3n) is 3.41. The number of sulfonamides is 1. The molecule has 0 aliphatic rings. The zero-order valence-electron chi connectivity index (χ0n) is 13.6. The Morgan fingerprint density at radius 2 is 1.88 bits per heavy atom. The highest BCUT2D eigenvalue weighted by atomic mass is 32.2. The molecule has 0 bridgehead atoms. The number of carbonyl (C=O) groups is 1. The van der Waals surface area contributed by atoms with Crippen molar-refractivity contribution >= 4 is 32.6 Å². The van der Waals surface area contributed by atoms with Crippen LogP contribution in [0.15, 0.2) is 57.9 Å². The second-order valence-corrected chi connectivity index (χ2v) is 7.23. The molecule has 0 saturated heterocycles. The molecular weight excluding hydrogens is 360 g/mol. The first kappa shape index (κ1) is 17.5. The Bertz CT molecular complexity index is 1150. The van der Waals surface area contributed by atoms with Crippen molar-refractivity contribution in [2.45, 2.75) is 0 Å². The summed E-state index contributed by atoms with van der Waals surface area (Å²) in [6.07, 6.45) is 1.92. The highest BCUT2D eigenvalue weighted by Crippen LogP contribution is 2.33. The lowest BCUT2D eigenvalue weighted by Gasteiger charge is -2.13. The van der Waals surface area contributed by atoms with E-state index in [-0.39, 0.29) is 28.0 Å². The van der Waals surface area contributed by atoms with E-state index in [0.717, 1.165) is 12.5 Å². The quantitative estimate of drug-likeness (QED) is 0.703. The number of ether oxygens (including phenoxy) is 1. The number of anilines is 1. The van der Waals surface area contributed by atoms with Gasteiger partial charge in [-0.3, -0.25) is 14.3 Å². The summed E-state index contributed by atoms with van der Waals surface area (Å²) in [5.41, 5.74) is 4.37. The van der Waals surface area contributed by atoms with Gasteiger partial charge < -0.3 is 14.9 Å². The summed E-state index contributed by atoms with van der Waals surface area (Å²) in [4.78, 5) is 23.8. The van der Waals surface area contributed by atoms with E-state index in [0.29, 0.717) is 5.75 Å². The van der Waals surface area contributed by atoms with Gasteiger partial charge in [0.25, 0.3) is 5.91 Å². The smallest absolute Gasteiger partial charge is 0.255 e. The molecule has 3 rings (SSSR count). The lowest BCUT2D eigenvalue weighted by atomic mass is 10.1. The van der Waals surface area contributed by atoms with Crippen molar-refractivity contribution in [2.75, 3.05) is 11.0 Å². The van der Waals surface area contributed by atoms with Gasteiger partial charge in [0.1, 0.15) is 23.2 Å². The first-order chi connectivity index (χ1) is 12.2. The van der Waals surface area contributed by atoms with Crippen LogP contribution in [0.2, 0.25) is 0 Å². The molecule has 0 aliphatic carbocycles. The van der Waals surface area contributed by atoms with E-state index in [2.05, 4.69) is 4.72 Å². The van der Waals surface area contributed by atoms with Crippen LogP contribution in [0, 0.1) is 0 Å². The Balaban J connectivity index is 2.23. The zero-order chi connectivity index (χ0) is 18.9. The maximum atomic E-state index is 12.4. The van der Waals surface area contributed by atoms with E-state index in [9.17, 15) is 18.0 Å². The van der Waals surface area contributed by atoms with Crippen LogP contribution in [0.5, 0.6) is 11.5 Å². The lowest BCUT2D eigenvalue weighted by molar-refractivity contribution is 0.0997. The molecule has 0 unspecified atom stereocenters. The number of benzene rings is 2. The summed E-state index contributed by atoms with van der Waals surface area (Å²) in [5, 5.41) is 0.0336. The van der Waals surface area contributed by atoms with Crippen molar-refractivity contribution in [1.29, 1.82) is 0 Å². The predicted molar refractivity (Wildman–Crippen MR) is 96.0 cm³/mol. The van der Waals surface area contributed by atoms with E-state index in [1.165, 1.54) is 12.1 Å². The topological polar surface area (TPSA) is 129 Å².